The van der Waals surface area contributed by atoms with Crippen molar-refractivity contribution in [2.24, 2.45) is 0 Å². The molecule has 0 atom stereocenters. The maximum Gasteiger partial charge on any atom is 0.227 e. The van der Waals surface area contributed by atoms with E-state index in [1.165, 1.54) is 33.0 Å². The van der Waals surface area contributed by atoms with Crippen LogP contribution in [0, 0.1) is 0 Å². The molecule has 10 aromatic rings. The van der Waals surface area contributed by atoms with Crippen molar-refractivity contribution in [3.63, 3.8) is 0 Å². The van der Waals surface area contributed by atoms with Crippen molar-refractivity contribution >= 4 is 60.9 Å². The van der Waals surface area contributed by atoms with Gasteiger partial charge in [0, 0.05) is 34.1 Å². The quantitative estimate of drug-likeness (QED) is 0.179. The third-order valence-electron chi connectivity index (χ3n) is 9.71. The van der Waals surface area contributed by atoms with E-state index in [0.717, 1.165) is 55.7 Å². The number of aromatic nitrogens is 1. The monoisotopic (exact) mass is 654 g/mol. The molecule has 0 N–H and O–H groups in total. The second-order valence-corrected chi connectivity index (χ2v) is 12.8. The van der Waals surface area contributed by atoms with Gasteiger partial charge in [-0.2, -0.15) is 0 Å². The molecule has 0 radical (unpaired) electrons. The van der Waals surface area contributed by atoms with Crippen LogP contribution in [0.5, 0.6) is 0 Å². The molecular weight excluding hydrogens is 625 g/mol. The summed E-state index contributed by atoms with van der Waals surface area (Å²) in [6.07, 6.45) is 0. The average molecular weight is 655 g/mol. The maximum atomic E-state index is 6.52. The fraction of sp³-hybridized carbons (Fsp3) is 0. The normalized spacial score (nSPS) is 11.5. The Morgan fingerprint density at radius 1 is 0.392 bits per heavy atom. The summed E-state index contributed by atoms with van der Waals surface area (Å²) in [5.74, 6) is 0.598. The van der Waals surface area contributed by atoms with E-state index in [-0.39, 0.29) is 0 Å². The molecule has 8 aromatic carbocycles. The van der Waals surface area contributed by atoms with Crippen molar-refractivity contribution in [2.75, 3.05) is 4.90 Å². The minimum Gasteiger partial charge on any atom is -0.456 e. The zero-order valence-electron chi connectivity index (χ0n) is 27.5. The molecule has 0 aliphatic carbocycles. The Hall–Kier alpha value is -6.91. The molecule has 0 aliphatic rings. The molecular formula is C47H30N2O2. The van der Waals surface area contributed by atoms with E-state index in [1.54, 1.807) is 0 Å². The van der Waals surface area contributed by atoms with Crippen LogP contribution in [0.1, 0.15) is 0 Å². The van der Waals surface area contributed by atoms with Crippen LogP contribution in [-0.4, -0.2) is 4.98 Å². The summed E-state index contributed by atoms with van der Waals surface area (Å²) < 4.78 is 12.7. The smallest absolute Gasteiger partial charge is 0.227 e. The van der Waals surface area contributed by atoms with Crippen LogP contribution in [0.25, 0.3) is 77.5 Å². The van der Waals surface area contributed by atoms with Gasteiger partial charge in [0.1, 0.15) is 16.7 Å². The lowest BCUT2D eigenvalue weighted by molar-refractivity contribution is 0.619. The van der Waals surface area contributed by atoms with Gasteiger partial charge in [0.25, 0.3) is 0 Å². The third-order valence-corrected chi connectivity index (χ3v) is 9.71. The Bertz CT molecular complexity index is 2830. The van der Waals surface area contributed by atoms with E-state index in [0.29, 0.717) is 5.89 Å². The number of benzene rings is 8. The summed E-state index contributed by atoms with van der Waals surface area (Å²) in [4.78, 5) is 7.22. The molecule has 0 aliphatic heterocycles. The summed E-state index contributed by atoms with van der Waals surface area (Å²) >= 11 is 0. The Morgan fingerprint density at radius 2 is 1.00 bits per heavy atom. The van der Waals surface area contributed by atoms with Crippen molar-refractivity contribution in [1.82, 2.24) is 4.98 Å². The average Bonchev–Trinajstić information content (AvgIpc) is 3.81. The molecule has 2 heterocycles. The van der Waals surface area contributed by atoms with E-state index in [4.69, 9.17) is 13.8 Å². The van der Waals surface area contributed by atoms with Crippen LogP contribution < -0.4 is 4.90 Å². The molecule has 0 fully saturated rings. The van der Waals surface area contributed by atoms with Gasteiger partial charge in [-0.25, -0.2) is 4.98 Å². The largest absolute Gasteiger partial charge is 0.456 e. The highest BCUT2D eigenvalue weighted by Gasteiger charge is 2.19. The summed E-state index contributed by atoms with van der Waals surface area (Å²) in [7, 11) is 0. The van der Waals surface area contributed by atoms with E-state index in [9.17, 15) is 0 Å². The second kappa shape index (κ2) is 11.9. The topological polar surface area (TPSA) is 42.4 Å². The Balaban J connectivity index is 1.10. The van der Waals surface area contributed by atoms with Gasteiger partial charge < -0.3 is 13.7 Å². The van der Waals surface area contributed by atoms with Gasteiger partial charge in [-0.05, 0) is 93.7 Å². The number of fused-ring (bicyclic) bond motifs is 6. The fourth-order valence-electron chi connectivity index (χ4n) is 7.23. The van der Waals surface area contributed by atoms with Crippen LogP contribution in [0.2, 0.25) is 0 Å². The number of hydrogen-bond donors (Lipinski definition) is 0. The van der Waals surface area contributed by atoms with Gasteiger partial charge in [0.15, 0.2) is 5.58 Å². The molecule has 0 unspecified atom stereocenters. The number of hydrogen-bond acceptors (Lipinski definition) is 4. The number of furan rings is 1. The molecule has 51 heavy (non-hydrogen) atoms. The highest BCUT2D eigenvalue weighted by Crippen LogP contribution is 2.42. The zero-order chi connectivity index (χ0) is 33.7. The van der Waals surface area contributed by atoms with Crippen LogP contribution in [0.15, 0.2) is 191 Å². The molecule has 0 saturated heterocycles. The summed E-state index contributed by atoms with van der Waals surface area (Å²) in [5.41, 5.74) is 11.9. The molecule has 0 saturated carbocycles. The van der Waals surface area contributed by atoms with Crippen LogP contribution in [0.4, 0.5) is 17.1 Å². The molecule has 4 nitrogen and oxygen atoms in total. The zero-order valence-corrected chi connectivity index (χ0v) is 27.5. The number of oxazole rings is 1. The van der Waals surface area contributed by atoms with Crippen molar-refractivity contribution < 1.29 is 8.83 Å². The highest BCUT2D eigenvalue weighted by atomic mass is 16.4. The SMILES string of the molecule is c1ccc(-c2ccc(N(c3ccc(-c4cccc5ccccc45)cc3)c3ccc4c(c3)oc3ccc5oc(-c6ccccc6)nc5c34)cc2)cc1. The first-order chi connectivity index (χ1) is 25.3. The minimum absolute atomic E-state index is 0.598. The van der Waals surface area contributed by atoms with Crippen LogP contribution >= 0.6 is 0 Å². The highest BCUT2D eigenvalue weighted by molar-refractivity contribution is 6.17. The molecule has 240 valence electrons. The lowest BCUT2D eigenvalue weighted by Gasteiger charge is -2.26. The van der Waals surface area contributed by atoms with E-state index in [1.807, 2.05) is 48.5 Å². The fourth-order valence-corrected chi connectivity index (χ4v) is 7.23. The van der Waals surface area contributed by atoms with Crippen molar-refractivity contribution in [3.8, 4) is 33.7 Å². The molecule has 2 aromatic heterocycles. The summed E-state index contributed by atoms with van der Waals surface area (Å²) in [6, 6.07) is 63.5. The van der Waals surface area contributed by atoms with Crippen molar-refractivity contribution in [3.05, 3.63) is 182 Å². The molecule has 10 rings (SSSR count). The number of anilines is 3. The standard InChI is InChI=1S/C47H30N2O2/c1-3-10-31(11-4-1)32-18-22-36(23-19-32)49(37-24-20-34(21-25-37)40-17-9-15-33-12-7-8-16-39(33)40)38-26-27-41-44(30-38)50-42-28-29-43-46(45(41)42)48-47(51-43)35-13-5-2-6-14-35/h1-30H. The van der Waals surface area contributed by atoms with E-state index in [2.05, 4.69) is 138 Å². The predicted octanol–water partition coefficient (Wildman–Crippen LogP) is 13.4. The van der Waals surface area contributed by atoms with Crippen molar-refractivity contribution in [2.45, 2.75) is 0 Å². The van der Waals surface area contributed by atoms with Crippen LogP contribution in [-0.2, 0) is 0 Å². The summed E-state index contributed by atoms with van der Waals surface area (Å²) in [5, 5.41) is 4.43. The first kappa shape index (κ1) is 29.0. The first-order valence-corrected chi connectivity index (χ1v) is 17.1. The maximum absolute atomic E-state index is 6.52. The van der Waals surface area contributed by atoms with E-state index < -0.39 is 0 Å². The predicted molar refractivity (Wildman–Crippen MR) is 210 cm³/mol. The van der Waals surface area contributed by atoms with Gasteiger partial charge in [-0.1, -0.05) is 115 Å². The third kappa shape index (κ3) is 5.04. The minimum atomic E-state index is 0.598. The molecule has 0 amide bonds. The van der Waals surface area contributed by atoms with Crippen molar-refractivity contribution in [1.29, 1.82) is 0 Å². The van der Waals surface area contributed by atoms with Gasteiger partial charge in [-0.3, -0.25) is 0 Å². The molecule has 4 heteroatoms. The Labute approximate surface area is 294 Å². The number of rotatable bonds is 6. The summed E-state index contributed by atoms with van der Waals surface area (Å²) in [6.45, 7) is 0. The molecule has 0 bridgehead atoms. The lowest BCUT2D eigenvalue weighted by atomic mass is 9.98. The first-order valence-electron chi connectivity index (χ1n) is 17.1. The second-order valence-electron chi connectivity index (χ2n) is 12.8. The van der Waals surface area contributed by atoms with Crippen LogP contribution in [0.3, 0.4) is 0 Å². The van der Waals surface area contributed by atoms with Gasteiger partial charge in [0.2, 0.25) is 5.89 Å². The Morgan fingerprint density at radius 3 is 1.76 bits per heavy atom. The van der Waals surface area contributed by atoms with Gasteiger partial charge >= 0.3 is 0 Å². The van der Waals surface area contributed by atoms with E-state index >= 15 is 0 Å². The van der Waals surface area contributed by atoms with Gasteiger partial charge in [-0.15, -0.1) is 0 Å². The lowest BCUT2D eigenvalue weighted by Crippen LogP contribution is -2.09. The van der Waals surface area contributed by atoms with Gasteiger partial charge in [0.05, 0.1) is 5.39 Å². The molecule has 0 spiro atoms. The Kier molecular flexibility index (Phi) is 6.78. The number of nitrogens with zero attached hydrogens (tertiary/aromatic N) is 2.